The highest BCUT2D eigenvalue weighted by atomic mass is 35.5. The third-order valence-electron chi connectivity index (χ3n) is 7.25. The summed E-state index contributed by atoms with van der Waals surface area (Å²) < 4.78 is 6.11. The van der Waals surface area contributed by atoms with Gasteiger partial charge >= 0.3 is 0 Å². The van der Waals surface area contributed by atoms with E-state index in [-0.39, 0.29) is 23.4 Å². The number of para-hydroxylation sites is 1. The van der Waals surface area contributed by atoms with Crippen LogP contribution < -0.4 is 15.0 Å². The molecule has 5 rings (SSSR count). The number of nitrogens with one attached hydrogen (secondary N) is 1. The molecule has 1 saturated heterocycles. The number of amides is 2. The summed E-state index contributed by atoms with van der Waals surface area (Å²) in [6.45, 7) is 3.35. The van der Waals surface area contributed by atoms with E-state index in [0.717, 1.165) is 47.6 Å². The number of carbonyl (C=O) groups excluding carboxylic acids is 2. The Bertz CT molecular complexity index is 1070. The van der Waals surface area contributed by atoms with Crippen LogP contribution in [0.4, 0.5) is 11.4 Å². The quantitative estimate of drug-likeness (QED) is 0.563. The van der Waals surface area contributed by atoms with Crippen molar-refractivity contribution in [3.8, 4) is 5.75 Å². The van der Waals surface area contributed by atoms with Crippen LogP contribution in [0.1, 0.15) is 37.3 Å². The zero-order valence-corrected chi connectivity index (χ0v) is 19.2. The molecular weight excluding hydrogens is 426 g/mol. The molecule has 2 aromatic rings. The van der Waals surface area contributed by atoms with Gasteiger partial charge in [0.25, 0.3) is 0 Å². The number of aryl methyl sites for hydroxylation is 1. The lowest BCUT2D eigenvalue weighted by Gasteiger charge is -2.43. The maximum Gasteiger partial charge on any atom is 0.235 e. The number of halogens is 1. The third-order valence-corrected chi connectivity index (χ3v) is 7.66. The second-order valence-corrected chi connectivity index (χ2v) is 9.62. The van der Waals surface area contributed by atoms with Crippen LogP contribution in [0.15, 0.2) is 42.5 Å². The number of carbonyl (C=O) groups is 2. The monoisotopic (exact) mass is 453 g/mol. The van der Waals surface area contributed by atoms with Crippen LogP contribution in [0.3, 0.4) is 0 Å². The largest absolute Gasteiger partial charge is 0.492 e. The number of nitrogens with zero attached hydrogens (tertiary/aromatic N) is 2. The zero-order valence-electron chi connectivity index (χ0n) is 18.4. The van der Waals surface area contributed by atoms with Crippen molar-refractivity contribution in [2.75, 3.05) is 30.4 Å². The van der Waals surface area contributed by atoms with Gasteiger partial charge in [0.15, 0.2) is 0 Å². The number of ether oxygens (including phenoxy) is 1. The second-order valence-electron chi connectivity index (χ2n) is 9.11. The highest BCUT2D eigenvalue weighted by molar-refractivity contribution is 6.21. The number of rotatable bonds is 4. The SMILES string of the molecule is C[C@@H](COc1ccc2c(c1)CCC(=O)N2C)N1CCC2(CC1Cl)C(=O)Nc1ccccc12. The normalized spacial score (nSPS) is 26.0. The average molecular weight is 454 g/mol. The summed E-state index contributed by atoms with van der Waals surface area (Å²) in [7, 11) is 1.82. The molecule has 0 aromatic heterocycles. The summed E-state index contributed by atoms with van der Waals surface area (Å²) in [6.07, 6.45) is 2.60. The fourth-order valence-electron chi connectivity index (χ4n) is 5.32. The Morgan fingerprint density at radius 2 is 2.03 bits per heavy atom. The predicted molar refractivity (Wildman–Crippen MR) is 125 cm³/mol. The molecule has 7 heteroatoms. The molecule has 2 amide bonds. The molecule has 0 saturated carbocycles. The van der Waals surface area contributed by atoms with Gasteiger partial charge in [-0.05, 0) is 61.6 Å². The number of hydrogen-bond acceptors (Lipinski definition) is 4. The van der Waals surface area contributed by atoms with Gasteiger partial charge in [-0.25, -0.2) is 0 Å². The molecule has 1 fully saturated rings. The third kappa shape index (κ3) is 3.46. The molecular formula is C25H28ClN3O3. The van der Waals surface area contributed by atoms with E-state index in [1.807, 2.05) is 49.5 Å². The van der Waals surface area contributed by atoms with Gasteiger partial charge in [0.2, 0.25) is 11.8 Å². The molecule has 168 valence electrons. The van der Waals surface area contributed by atoms with Gasteiger partial charge in [0, 0.05) is 37.4 Å². The van der Waals surface area contributed by atoms with E-state index >= 15 is 0 Å². The molecule has 2 aromatic carbocycles. The van der Waals surface area contributed by atoms with E-state index in [1.165, 1.54) is 0 Å². The lowest BCUT2D eigenvalue weighted by molar-refractivity contribution is -0.123. The number of anilines is 2. The number of fused-ring (bicyclic) bond motifs is 3. The fourth-order valence-corrected chi connectivity index (χ4v) is 5.88. The Balaban J connectivity index is 1.24. The molecule has 0 bridgehead atoms. The van der Waals surface area contributed by atoms with Gasteiger partial charge in [-0.2, -0.15) is 0 Å². The Morgan fingerprint density at radius 1 is 1.22 bits per heavy atom. The van der Waals surface area contributed by atoms with Crippen LogP contribution in [0, 0.1) is 0 Å². The molecule has 1 N–H and O–H groups in total. The summed E-state index contributed by atoms with van der Waals surface area (Å²) in [5, 5.41) is 3.03. The van der Waals surface area contributed by atoms with E-state index in [0.29, 0.717) is 19.4 Å². The van der Waals surface area contributed by atoms with Gasteiger partial charge in [-0.1, -0.05) is 18.2 Å². The van der Waals surface area contributed by atoms with Crippen molar-refractivity contribution in [1.82, 2.24) is 4.90 Å². The summed E-state index contributed by atoms with van der Waals surface area (Å²) >= 11 is 6.84. The summed E-state index contributed by atoms with van der Waals surface area (Å²) in [5.41, 5.74) is 3.28. The Labute approximate surface area is 193 Å². The molecule has 3 heterocycles. The van der Waals surface area contributed by atoms with Crippen molar-refractivity contribution in [1.29, 1.82) is 0 Å². The molecule has 32 heavy (non-hydrogen) atoms. The van der Waals surface area contributed by atoms with E-state index in [9.17, 15) is 9.59 Å². The van der Waals surface area contributed by atoms with E-state index in [2.05, 4.69) is 17.1 Å². The van der Waals surface area contributed by atoms with E-state index < -0.39 is 5.41 Å². The summed E-state index contributed by atoms with van der Waals surface area (Å²) in [5.74, 6) is 1.02. The molecule has 3 aliphatic heterocycles. The highest BCUT2D eigenvalue weighted by Crippen LogP contribution is 2.47. The molecule has 0 radical (unpaired) electrons. The Morgan fingerprint density at radius 3 is 2.84 bits per heavy atom. The topological polar surface area (TPSA) is 61.9 Å². The minimum Gasteiger partial charge on any atom is -0.492 e. The molecule has 3 atom stereocenters. The first kappa shape index (κ1) is 21.3. The van der Waals surface area contributed by atoms with Crippen molar-refractivity contribution in [3.05, 3.63) is 53.6 Å². The number of hydrogen-bond donors (Lipinski definition) is 1. The zero-order chi connectivity index (χ0) is 22.5. The standard InChI is InChI=1S/C25H28ClN3O3/c1-16(15-32-18-8-9-21-17(13-18)7-10-23(30)28(21)2)29-12-11-25(14-22(29)26)19-5-3-4-6-20(19)27-24(25)31/h3-6,8-9,13,16,22H,7,10-12,14-15H2,1-2H3,(H,27,31)/t16-,22?,25?/m0/s1. The van der Waals surface area contributed by atoms with Crippen LogP contribution in [-0.4, -0.2) is 48.5 Å². The van der Waals surface area contributed by atoms with Crippen molar-refractivity contribution >= 4 is 34.8 Å². The Hall–Kier alpha value is -2.57. The van der Waals surface area contributed by atoms with Crippen molar-refractivity contribution in [2.24, 2.45) is 0 Å². The predicted octanol–water partition coefficient (Wildman–Crippen LogP) is 3.91. The maximum absolute atomic E-state index is 12.9. The summed E-state index contributed by atoms with van der Waals surface area (Å²) in [4.78, 5) is 28.7. The first-order chi connectivity index (χ1) is 15.4. The van der Waals surface area contributed by atoms with Gasteiger partial charge in [0.1, 0.15) is 12.4 Å². The van der Waals surface area contributed by atoms with E-state index in [4.69, 9.17) is 16.3 Å². The van der Waals surface area contributed by atoms with Crippen molar-refractivity contribution < 1.29 is 14.3 Å². The maximum atomic E-state index is 12.9. The molecule has 0 aliphatic carbocycles. The number of piperidine rings is 1. The lowest BCUT2D eigenvalue weighted by Crippen LogP contribution is -2.53. The van der Waals surface area contributed by atoms with Gasteiger partial charge in [-0.15, -0.1) is 11.6 Å². The van der Waals surface area contributed by atoms with Gasteiger partial charge in [0.05, 0.1) is 10.9 Å². The summed E-state index contributed by atoms with van der Waals surface area (Å²) in [6, 6.07) is 14.0. The van der Waals surface area contributed by atoms with Crippen LogP contribution in [0.25, 0.3) is 0 Å². The molecule has 3 aliphatic rings. The highest BCUT2D eigenvalue weighted by Gasteiger charge is 2.51. The first-order valence-electron chi connectivity index (χ1n) is 11.2. The molecule has 6 nitrogen and oxygen atoms in total. The van der Waals surface area contributed by atoms with Crippen molar-refractivity contribution in [2.45, 2.75) is 49.6 Å². The smallest absolute Gasteiger partial charge is 0.235 e. The number of likely N-dealkylation sites (tertiary alicyclic amines) is 1. The minimum absolute atomic E-state index is 0.0606. The van der Waals surface area contributed by atoms with Crippen LogP contribution in [-0.2, 0) is 21.4 Å². The van der Waals surface area contributed by atoms with Gasteiger partial charge in [-0.3, -0.25) is 14.5 Å². The first-order valence-corrected chi connectivity index (χ1v) is 11.7. The minimum atomic E-state index is -0.540. The average Bonchev–Trinajstić information content (AvgIpc) is 3.05. The Kier molecular flexibility index (Phi) is 5.38. The van der Waals surface area contributed by atoms with Crippen LogP contribution in [0.5, 0.6) is 5.75 Å². The lowest BCUT2D eigenvalue weighted by atomic mass is 9.73. The fraction of sp³-hybridized carbons (Fsp3) is 0.440. The van der Waals surface area contributed by atoms with Crippen LogP contribution >= 0.6 is 11.6 Å². The second kappa shape index (κ2) is 8.09. The molecule has 1 spiro atoms. The van der Waals surface area contributed by atoms with E-state index in [1.54, 1.807) is 4.90 Å². The van der Waals surface area contributed by atoms with Crippen molar-refractivity contribution in [3.63, 3.8) is 0 Å². The number of alkyl halides is 1. The molecule has 2 unspecified atom stereocenters. The number of benzene rings is 2. The van der Waals surface area contributed by atoms with Crippen LogP contribution in [0.2, 0.25) is 0 Å². The van der Waals surface area contributed by atoms with Gasteiger partial charge < -0.3 is 15.0 Å².